The van der Waals surface area contributed by atoms with E-state index in [0.29, 0.717) is 0 Å². The van der Waals surface area contributed by atoms with Crippen LogP contribution < -0.4 is 10.6 Å². The molecule has 0 aliphatic heterocycles. The van der Waals surface area contributed by atoms with Gasteiger partial charge in [-0.05, 0) is 37.3 Å². The van der Waals surface area contributed by atoms with Gasteiger partial charge in [0.05, 0.1) is 4.90 Å². The highest BCUT2D eigenvalue weighted by molar-refractivity contribution is 7.90. The molecule has 8 heteroatoms. The smallest absolute Gasteiger partial charge is 0.299 e. The van der Waals surface area contributed by atoms with Gasteiger partial charge in [0, 0.05) is 31.4 Å². The quantitative estimate of drug-likeness (QED) is 0.837. The molecule has 2 aromatic carbocycles. The molecule has 0 saturated heterocycles. The Balaban J connectivity index is 2.32. The van der Waals surface area contributed by atoms with Crippen molar-refractivity contribution in [3.63, 3.8) is 0 Å². The van der Waals surface area contributed by atoms with Gasteiger partial charge in [0.25, 0.3) is 10.0 Å². The first-order valence-electron chi connectivity index (χ1n) is 7.22. The second-order valence-corrected chi connectivity index (χ2v) is 7.10. The van der Waals surface area contributed by atoms with Crippen molar-refractivity contribution in [3.8, 4) is 0 Å². The maximum absolute atomic E-state index is 14.2. The number of benzene rings is 2. The molecule has 0 unspecified atom stereocenters. The molecule has 0 amide bonds. The van der Waals surface area contributed by atoms with Gasteiger partial charge in [-0.3, -0.25) is 0 Å². The third-order valence-corrected chi connectivity index (χ3v) is 4.57. The normalized spacial score (nSPS) is 13.2. The van der Waals surface area contributed by atoms with Crippen LogP contribution in [0.1, 0.15) is 18.5 Å². The van der Waals surface area contributed by atoms with Crippen LogP contribution in [0.15, 0.2) is 57.0 Å². The molecule has 0 fully saturated rings. The van der Waals surface area contributed by atoms with Crippen LogP contribution in [-0.2, 0) is 10.0 Å². The van der Waals surface area contributed by atoms with Crippen molar-refractivity contribution in [3.05, 3.63) is 53.8 Å². The molecule has 24 heavy (non-hydrogen) atoms. The Kier molecular flexibility index (Phi) is 5.30. The fourth-order valence-electron chi connectivity index (χ4n) is 2.03. The molecule has 0 bridgehead atoms. The minimum Gasteiger partial charge on any atom is -0.378 e. The molecule has 0 aliphatic carbocycles. The van der Waals surface area contributed by atoms with Gasteiger partial charge < -0.3 is 10.6 Å². The van der Waals surface area contributed by atoms with Crippen LogP contribution in [-0.4, -0.2) is 22.5 Å². The highest BCUT2D eigenvalue weighted by atomic mass is 32.2. The van der Waals surface area contributed by atoms with E-state index >= 15 is 0 Å². The lowest BCUT2D eigenvalue weighted by Crippen LogP contribution is -2.08. The second kappa shape index (κ2) is 7.06. The van der Waals surface area contributed by atoms with Gasteiger partial charge in [-0.15, -0.1) is 5.11 Å². The third-order valence-electron chi connectivity index (χ3n) is 3.41. The Labute approximate surface area is 140 Å². The van der Waals surface area contributed by atoms with E-state index in [1.165, 1.54) is 24.3 Å². The highest BCUT2D eigenvalue weighted by Gasteiger charge is 2.15. The molecular weight excluding hydrogens is 331 g/mol. The number of rotatable bonds is 5. The summed E-state index contributed by atoms with van der Waals surface area (Å²) in [5, 5.41) is 3.55. The van der Waals surface area contributed by atoms with Gasteiger partial charge in [0.1, 0.15) is 5.69 Å². The lowest BCUT2D eigenvalue weighted by molar-refractivity contribution is 0.590. The summed E-state index contributed by atoms with van der Waals surface area (Å²) in [5.41, 5.74) is 6.59. The zero-order valence-corrected chi connectivity index (χ0v) is 14.5. The Hall–Kier alpha value is -2.32. The standard InChI is InChI=1S/C16H19FN4O2S/c1-11(18)14-5-4-6-15(16(14)17)19-20-24(22,23)13-9-7-12(8-10-13)21(2)3/h4-11H,18H2,1-3H3/t11-/m1/s1. The van der Waals surface area contributed by atoms with Gasteiger partial charge in [-0.25, -0.2) is 4.39 Å². The molecule has 0 aromatic heterocycles. The average molecular weight is 350 g/mol. The number of halogens is 1. The van der Waals surface area contributed by atoms with Crippen molar-refractivity contribution >= 4 is 21.4 Å². The second-order valence-electron chi connectivity index (χ2n) is 5.51. The van der Waals surface area contributed by atoms with Crippen LogP contribution in [0.25, 0.3) is 0 Å². The SMILES string of the molecule is C[C@@H](N)c1cccc(N=NS(=O)(=O)c2ccc(N(C)C)cc2)c1F. The number of anilines is 1. The number of hydrogen-bond donors (Lipinski definition) is 1. The van der Waals surface area contributed by atoms with Crippen molar-refractivity contribution in [2.45, 2.75) is 17.9 Å². The van der Waals surface area contributed by atoms with Gasteiger partial charge in [-0.1, -0.05) is 16.7 Å². The minimum absolute atomic E-state index is 0.0133. The van der Waals surface area contributed by atoms with E-state index in [4.69, 9.17) is 5.73 Å². The van der Waals surface area contributed by atoms with E-state index < -0.39 is 21.9 Å². The summed E-state index contributed by atoms with van der Waals surface area (Å²) < 4.78 is 41.9. The monoisotopic (exact) mass is 350 g/mol. The summed E-state index contributed by atoms with van der Waals surface area (Å²) in [7, 11) is -0.320. The fourth-order valence-corrected chi connectivity index (χ4v) is 2.80. The number of hydrogen-bond acceptors (Lipinski definition) is 5. The summed E-state index contributed by atoms with van der Waals surface area (Å²) >= 11 is 0. The molecular formula is C16H19FN4O2S. The highest BCUT2D eigenvalue weighted by Crippen LogP contribution is 2.26. The average Bonchev–Trinajstić information content (AvgIpc) is 2.53. The van der Waals surface area contributed by atoms with Gasteiger partial charge in [-0.2, -0.15) is 8.42 Å². The Morgan fingerprint density at radius 1 is 1.12 bits per heavy atom. The van der Waals surface area contributed by atoms with Crippen LogP contribution >= 0.6 is 0 Å². The van der Waals surface area contributed by atoms with Crippen molar-refractivity contribution in [1.82, 2.24) is 0 Å². The first-order valence-corrected chi connectivity index (χ1v) is 8.66. The van der Waals surface area contributed by atoms with Crippen LogP contribution in [0, 0.1) is 5.82 Å². The third kappa shape index (κ3) is 3.95. The Morgan fingerprint density at radius 3 is 2.29 bits per heavy atom. The van der Waals surface area contributed by atoms with Crippen LogP contribution in [0.3, 0.4) is 0 Å². The van der Waals surface area contributed by atoms with E-state index in [0.717, 1.165) is 5.69 Å². The van der Waals surface area contributed by atoms with E-state index in [1.54, 1.807) is 25.1 Å². The van der Waals surface area contributed by atoms with Crippen molar-refractivity contribution < 1.29 is 12.8 Å². The van der Waals surface area contributed by atoms with Crippen LogP contribution in [0.5, 0.6) is 0 Å². The zero-order chi connectivity index (χ0) is 17.9. The fraction of sp³-hybridized carbons (Fsp3) is 0.250. The first-order chi connectivity index (χ1) is 11.2. The van der Waals surface area contributed by atoms with E-state index in [-0.39, 0.29) is 16.1 Å². The Bertz CT molecular complexity index is 847. The van der Waals surface area contributed by atoms with Gasteiger partial charge in [0.2, 0.25) is 0 Å². The molecule has 0 radical (unpaired) electrons. The van der Waals surface area contributed by atoms with Crippen molar-refractivity contribution in [2.75, 3.05) is 19.0 Å². The molecule has 0 saturated carbocycles. The molecule has 0 heterocycles. The predicted octanol–water partition coefficient (Wildman–Crippen LogP) is 3.38. The summed E-state index contributed by atoms with van der Waals surface area (Å²) in [5.74, 6) is -0.672. The van der Waals surface area contributed by atoms with E-state index in [9.17, 15) is 12.8 Å². The Morgan fingerprint density at radius 2 is 1.75 bits per heavy atom. The molecule has 0 spiro atoms. The molecule has 128 valence electrons. The number of sulfonamides is 1. The summed E-state index contributed by atoms with van der Waals surface area (Å²) in [4.78, 5) is 1.83. The van der Waals surface area contributed by atoms with Gasteiger partial charge in [0.15, 0.2) is 5.82 Å². The number of nitrogens with two attached hydrogens (primary N) is 1. The number of nitrogens with zero attached hydrogens (tertiary/aromatic N) is 3. The first kappa shape index (κ1) is 18.0. The van der Waals surface area contributed by atoms with Crippen LogP contribution in [0.4, 0.5) is 15.8 Å². The zero-order valence-electron chi connectivity index (χ0n) is 13.6. The lowest BCUT2D eigenvalue weighted by Gasteiger charge is -2.11. The summed E-state index contributed by atoms with van der Waals surface area (Å²) in [6.45, 7) is 1.63. The van der Waals surface area contributed by atoms with Crippen LogP contribution in [0.2, 0.25) is 0 Å². The molecule has 6 nitrogen and oxygen atoms in total. The predicted molar refractivity (Wildman–Crippen MR) is 91.5 cm³/mol. The molecule has 2 aromatic rings. The maximum Gasteiger partial charge on any atom is 0.299 e. The molecule has 2 N–H and O–H groups in total. The largest absolute Gasteiger partial charge is 0.378 e. The van der Waals surface area contributed by atoms with Gasteiger partial charge >= 0.3 is 0 Å². The topological polar surface area (TPSA) is 88.1 Å². The van der Waals surface area contributed by atoms with E-state index in [2.05, 4.69) is 9.63 Å². The van der Waals surface area contributed by atoms with Crippen molar-refractivity contribution in [1.29, 1.82) is 0 Å². The maximum atomic E-state index is 14.2. The van der Waals surface area contributed by atoms with E-state index in [1.807, 2.05) is 19.0 Å². The lowest BCUT2D eigenvalue weighted by atomic mass is 10.1. The summed E-state index contributed by atoms with van der Waals surface area (Å²) in [6.07, 6.45) is 0. The summed E-state index contributed by atoms with van der Waals surface area (Å²) in [6, 6.07) is 10.0. The molecule has 0 aliphatic rings. The minimum atomic E-state index is -4.01. The molecule has 2 rings (SSSR count). The van der Waals surface area contributed by atoms with Crippen molar-refractivity contribution in [2.24, 2.45) is 15.4 Å². The molecule has 1 atom stereocenters.